The van der Waals surface area contributed by atoms with Gasteiger partial charge in [-0.15, -0.1) is 0 Å². The maximum Gasteiger partial charge on any atom is 0.0902 e. The summed E-state index contributed by atoms with van der Waals surface area (Å²) in [5.74, 6) is 1.67. The van der Waals surface area contributed by atoms with Gasteiger partial charge in [-0.1, -0.05) is 68.5 Å². The molecule has 0 aromatic carbocycles. The van der Waals surface area contributed by atoms with Gasteiger partial charge in [0.05, 0.1) is 12.5 Å². The predicted molar refractivity (Wildman–Crippen MR) is 99.6 cm³/mol. The van der Waals surface area contributed by atoms with Gasteiger partial charge in [0.15, 0.2) is 0 Å². The Morgan fingerprint density at radius 3 is 1.10 bits per heavy atom. The lowest BCUT2D eigenvalue weighted by Gasteiger charge is -1.79. The Bertz CT molecular complexity index is 217. The summed E-state index contributed by atoms with van der Waals surface area (Å²) in [5.41, 5.74) is 0. The van der Waals surface area contributed by atoms with Gasteiger partial charge in [0.25, 0.3) is 0 Å². The molecule has 0 aliphatic rings. The van der Waals surface area contributed by atoms with Gasteiger partial charge in [0.1, 0.15) is 0 Å². The lowest BCUT2D eigenvalue weighted by Crippen LogP contribution is -1.66. The highest BCUT2D eigenvalue weighted by Gasteiger charge is 1.68. The summed E-state index contributed by atoms with van der Waals surface area (Å²) in [5, 5.41) is 4.08. The summed E-state index contributed by atoms with van der Waals surface area (Å²) in [4.78, 5) is 0. The van der Waals surface area contributed by atoms with Crippen molar-refractivity contribution in [1.82, 2.24) is 0 Å². The lowest BCUT2D eigenvalue weighted by molar-refractivity contribution is 0.567. The molecular weight excluding hydrogens is 264 g/mol. The van der Waals surface area contributed by atoms with Crippen LogP contribution in [-0.4, -0.2) is 0 Å². The molecule has 0 atom stereocenters. The second kappa shape index (κ2) is 23.1. The Kier molecular flexibility index (Phi) is 31.6. The molecule has 0 aliphatic heterocycles. The monoisotopic (exact) mass is 303 g/mol. The maximum absolute atomic E-state index is 4.58. The summed E-state index contributed by atoms with van der Waals surface area (Å²) in [6.45, 7) is 13.0. The summed E-state index contributed by atoms with van der Waals surface area (Å²) in [7, 11) is 0. The van der Waals surface area contributed by atoms with E-state index in [-0.39, 0.29) is 16.3 Å². The quantitative estimate of drug-likeness (QED) is 0.482. The third-order valence-corrected chi connectivity index (χ3v) is 1.48. The molecule has 2 heterocycles. The number of rotatable bonds is 0. The van der Waals surface area contributed by atoms with Crippen molar-refractivity contribution in [3.8, 4) is 0 Å². The standard InChI is InChI=1S/C4H4O.C4H4S.2C4H10.2CH4.H2/c2*1-2-4-5-3-1;2*1-4(2)3;;;/h2*1-4H;2*4H,1-3H3;2*1H4;1H/i;;;;;;1+1. The molecule has 0 aliphatic carbocycles. The van der Waals surface area contributed by atoms with E-state index in [0.29, 0.717) is 0 Å². The van der Waals surface area contributed by atoms with E-state index in [1.807, 2.05) is 35.0 Å². The van der Waals surface area contributed by atoms with E-state index >= 15 is 0 Å². The molecule has 2 aromatic heterocycles. The molecule has 0 saturated carbocycles. The van der Waals surface area contributed by atoms with Crippen molar-refractivity contribution < 1.29 is 5.84 Å². The number of thiophene rings is 1. The Morgan fingerprint density at radius 2 is 1.00 bits per heavy atom. The Hall–Kier alpha value is -1.02. The fourth-order valence-corrected chi connectivity index (χ4v) is 0.907. The first-order valence-corrected chi connectivity index (χ1v) is 7.35. The molecule has 0 bridgehead atoms. The SMILES string of the molecule is C.C.CC(C)C.CC(C)C.[2HH].c1ccoc1.c1ccsc1. The number of furan rings is 1. The molecule has 2 aromatic rings. The Balaban J connectivity index is -0.0000000522. The fraction of sp³-hybridized carbons (Fsp3) is 0.556. The second-order valence-electron chi connectivity index (χ2n) is 5.05. The Labute approximate surface area is 133 Å². The molecule has 0 amide bonds. The van der Waals surface area contributed by atoms with Crippen molar-refractivity contribution in [1.29, 1.82) is 0 Å². The maximum atomic E-state index is 4.58. The lowest BCUT2D eigenvalue weighted by atomic mass is 10.3. The first kappa shape index (κ1) is 27.3. The molecule has 0 spiro atoms. The van der Waals surface area contributed by atoms with Crippen molar-refractivity contribution in [2.75, 3.05) is 0 Å². The fourth-order valence-electron chi connectivity index (χ4n) is 0.454. The topological polar surface area (TPSA) is 13.1 Å². The van der Waals surface area contributed by atoms with Crippen LogP contribution in [0.15, 0.2) is 52.0 Å². The van der Waals surface area contributed by atoms with Crippen molar-refractivity contribution >= 4 is 11.3 Å². The highest BCUT2D eigenvalue weighted by Crippen LogP contribution is 1.91. The largest absolute Gasteiger partial charge is 0.473 e. The van der Waals surface area contributed by atoms with Crippen LogP contribution in [0.25, 0.3) is 0 Å². The zero-order valence-corrected chi connectivity index (χ0v) is 13.4. The molecule has 2 heteroatoms. The van der Waals surface area contributed by atoms with Crippen LogP contribution in [0.1, 0.15) is 57.8 Å². The number of hydrogen-bond acceptors (Lipinski definition) is 2. The van der Waals surface area contributed by atoms with Crippen LogP contribution < -0.4 is 0 Å². The third kappa shape index (κ3) is 53.8. The van der Waals surface area contributed by atoms with Crippen LogP contribution in [-0.2, 0) is 0 Å². The molecule has 1 nitrogen and oxygen atoms in total. The molecular formula is C18H38OS. The van der Waals surface area contributed by atoms with Gasteiger partial charge >= 0.3 is 0 Å². The van der Waals surface area contributed by atoms with Gasteiger partial charge in [0, 0.05) is 1.43 Å². The minimum Gasteiger partial charge on any atom is -0.473 e. The van der Waals surface area contributed by atoms with E-state index in [0.717, 1.165) is 11.8 Å². The van der Waals surface area contributed by atoms with Crippen LogP contribution >= 0.6 is 11.3 Å². The van der Waals surface area contributed by atoms with E-state index in [9.17, 15) is 0 Å². The van der Waals surface area contributed by atoms with Crippen LogP contribution in [0.2, 0.25) is 0 Å². The van der Waals surface area contributed by atoms with E-state index in [4.69, 9.17) is 0 Å². The molecule has 0 unspecified atom stereocenters. The number of hydrogen-bond donors (Lipinski definition) is 0. The molecule has 20 heavy (non-hydrogen) atoms. The van der Waals surface area contributed by atoms with E-state index < -0.39 is 0 Å². The minimum atomic E-state index is 0. The summed E-state index contributed by atoms with van der Waals surface area (Å²) in [6.07, 6.45) is 3.25. The van der Waals surface area contributed by atoms with Gasteiger partial charge in [-0.2, -0.15) is 11.3 Å². The van der Waals surface area contributed by atoms with E-state index in [1.165, 1.54) is 0 Å². The summed E-state index contributed by atoms with van der Waals surface area (Å²) < 4.78 is 4.58. The first-order chi connectivity index (χ1) is 8.46. The highest BCUT2D eigenvalue weighted by molar-refractivity contribution is 7.07. The van der Waals surface area contributed by atoms with Crippen LogP contribution in [0.3, 0.4) is 0 Å². The minimum absolute atomic E-state index is 0. The van der Waals surface area contributed by atoms with E-state index in [1.54, 1.807) is 23.9 Å². The highest BCUT2D eigenvalue weighted by atomic mass is 32.1. The smallest absolute Gasteiger partial charge is 0.0902 e. The average molecular weight is 304 g/mol. The van der Waals surface area contributed by atoms with E-state index in [2.05, 4.69) is 46.0 Å². The molecule has 0 radical (unpaired) electrons. The van der Waals surface area contributed by atoms with Gasteiger partial charge < -0.3 is 4.42 Å². The van der Waals surface area contributed by atoms with Crippen LogP contribution in [0, 0.1) is 11.8 Å². The van der Waals surface area contributed by atoms with Crippen molar-refractivity contribution in [2.24, 2.45) is 11.8 Å². The van der Waals surface area contributed by atoms with Gasteiger partial charge in [-0.3, -0.25) is 0 Å². The van der Waals surface area contributed by atoms with Crippen molar-refractivity contribution in [2.45, 2.75) is 56.4 Å². The zero-order chi connectivity index (χ0) is 14.2. The van der Waals surface area contributed by atoms with Gasteiger partial charge in [0.2, 0.25) is 0 Å². The van der Waals surface area contributed by atoms with Gasteiger partial charge in [-0.05, 0) is 34.7 Å². The van der Waals surface area contributed by atoms with Crippen LogP contribution in [0.4, 0.5) is 0 Å². The third-order valence-electron chi connectivity index (χ3n) is 0.851. The predicted octanol–water partition coefficient (Wildman–Crippen LogP) is 7.87. The molecule has 122 valence electrons. The Morgan fingerprint density at radius 1 is 0.700 bits per heavy atom. The molecule has 0 fully saturated rings. The molecule has 0 saturated heterocycles. The molecule has 2 rings (SSSR count). The normalized spacial score (nSPS) is 7.60. The molecule has 0 N–H and O–H groups in total. The van der Waals surface area contributed by atoms with Crippen LogP contribution in [0.5, 0.6) is 0 Å². The second-order valence-corrected chi connectivity index (χ2v) is 5.87. The summed E-state index contributed by atoms with van der Waals surface area (Å²) >= 11 is 1.71. The van der Waals surface area contributed by atoms with Crippen molar-refractivity contribution in [3.05, 3.63) is 47.6 Å². The van der Waals surface area contributed by atoms with Gasteiger partial charge in [-0.25, -0.2) is 0 Å². The zero-order valence-electron chi connectivity index (χ0n) is 12.6. The first-order valence-electron chi connectivity index (χ1n) is 6.41. The summed E-state index contributed by atoms with van der Waals surface area (Å²) in [6, 6.07) is 7.70. The average Bonchev–Trinajstić information content (AvgIpc) is 2.96. The van der Waals surface area contributed by atoms with Crippen molar-refractivity contribution in [3.63, 3.8) is 0 Å².